The molecule has 3 rings (SSSR count). The van der Waals surface area contributed by atoms with Crippen LogP contribution in [0.25, 0.3) is 0 Å². The number of hydrogen-bond acceptors (Lipinski definition) is 5. The van der Waals surface area contributed by atoms with Crippen molar-refractivity contribution in [3.05, 3.63) is 35.7 Å². The zero-order chi connectivity index (χ0) is 18.5. The Bertz CT molecular complexity index is 743. The molecule has 1 amide bonds. The molecule has 0 radical (unpaired) electrons. The van der Waals surface area contributed by atoms with Gasteiger partial charge in [-0.3, -0.25) is 4.79 Å². The number of aryl methyl sites for hydroxylation is 1. The minimum absolute atomic E-state index is 0.199. The van der Waals surface area contributed by atoms with E-state index >= 15 is 0 Å². The number of thioether (sulfide) groups is 1. The number of nitrogens with zero attached hydrogens (tertiary/aromatic N) is 4. The highest BCUT2D eigenvalue weighted by atomic mass is 32.2. The summed E-state index contributed by atoms with van der Waals surface area (Å²) in [5, 5.41) is 12.6. The summed E-state index contributed by atoms with van der Waals surface area (Å²) in [5.74, 6) is 1.47. The minimum atomic E-state index is 0.199. The number of piperidine rings is 1. The first-order chi connectivity index (χ1) is 12.5. The Balaban J connectivity index is 1.53. The average Bonchev–Trinajstić information content (AvgIpc) is 2.99. The molecule has 1 aromatic heterocycles. The van der Waals surface area contributed by atoms with Crippen LogP contribution in [-0.4, -0.2) is 43.9 Å². The molecule has 1 aliphatic heterocycles. The topological polar surface area (TPSA) is 63.1 Å². The molecule has 0 unspecified atom stereocenters. The maximum absolute atomic E-state index is 12.5. The van der Waals surface area contributed by atoms with Gasteiger partial charge in [0.05, 0.1) is 12.3 Å². The van der Waals surface area contributed by atoms with Gasteiger partial charge in [0.2, 0.25) is 5.91 Å². The lowest BCUT2D eigenvalue weighted by atomic mass is 10.0. The van der Waals surface area contributed by atoms with E-state index in [0.29, 0.717) is 18.3 Å². The van der Waals surface area contributed by atoms with Gasteiger partial charge in [-0.2, -0.15) is 0 Å². The summed E-state index contributed by atoms with van der Waals surface area (Å²) in [5.41, 5.74) is 2.29. The summed E-state index contributed by atoms with van der Waals surface area (Å²) in [6.07, 6.45) is 3.44. The third-order valence-electron chi connectivity index (χ3n) is 4.88. The van der Waals surface area contributed by atoms with E-state index in [-0.39, 0.29) is 5.91 Å². The number of rotatable bonds is 6. The van der Waals surface area contributed by atoms with Crippen LogP contribution in [0, 0.1) is 6.92 Å². The standard InChI is InChI=1S/C19H27N5OS/c1-14-7-9-16(10-8-14)20-12-17-21-22-19(23(17)3)26-13-18(25)24-11-5-4-6-15(24)2/h7-10,15,20H,4-6,11-13H2,1-3H3/t15-/m1/s1. The summed E-state index contributed by atoms with van der Waals surface area (Å²) in [6, 6.07) is 8.62. The molecule has 2 aromatic rings. The highest BCUT2D eigenvalue weighted by Crippen LogP contribution is 2.21. The van der Waals surface area contributed by atoms with Gasteiger partial charge in [0.15, 0.2) is 11.0 Å². The van der Waals surface area contributed by atoms with E-state index < -0.39 is 0 Å². The van der Waals surface area contributed by atoms with Crippen LogP contribution in [0.15, 0.2) is 29.4 Å². The minimum Gasteiger partial charge on any atom is -0.378 e. The molecular formula is C19H27N5OS. The van der Waals surface area contributed by atoms with Crippen molar-refractivity contribution in [3.63, 3.8) is 0 Å². The maximum atomic E-state index is 12.5. The maximum Gasteiger partial charge on any atom is 0.233 e. The van der Waals surface area contributed by atoms with Crippen molar-refractivity contribution in [3.8, 4) is 0 Å². The summed E-state index contributed by atoms with van der Waals surface area (Å²) in [6.45, 7) is 5.69. The fraction of sp³-hybridized carbons (Fsp3) is 0.526. The number of nitrogens with one attached hydrogen (secondary N) is 1. The van der Waals surface area contributed by atoms with Crippen LogP contribution >= 0.6 is 11.8 Å². The monoisotopic (exact) mass is 373 g/mol. The second-order valence-corrected chi connectivity index (χ2v) is 7.84. The molecule has 0 spiro atoms. The van der Waals surface area contributed by atoms with Gasteiger partial charge in [0, 0.05) is 25.3 Å². The van der Waals surface area contributed by atoms with E-state index in [4.69, 9.17) is 0 Å². The normalized spacial score (nSPS) is 17.3. The molecule has 1 aromatic carbocycles. The number of carbonyl (C=O) groups is 1. The molecule has 1 fully saturated rings. The number of carbonyl (C=O) groups excluding carboxylic acids is 1. The number of likely N-dealkylation sites (tertiary alicyclic amines) is 1. The van der Waals surface area contributed by atoms with Crippen LogP contribution in [0.2, 0.25) is 0 Å². The Morgan fingerprint density at radius 2 is 2.04 bits per heavy atom. The van der Waals surface area contributed by atoms with Crippen LogP contribution in [0.4, 0.5) is 5.69 Å². The molecule has 6 nitrogen and oxygen atoms in total. The van der Waals surface area contributed by atoms with Crippen LogP contribution < -0.4 is 5.32 Å². The molecule has 0 aliphatic carbocycles. The fourth-order valence-electron chi connectivity index (χ4n) is 3.16. The Labute approximate surface area is 159 Å². The Hall–Kier alpha value is -2.02. The molecule has 0 bridgehead atoms. The van der Waals surface area contributed by atoms with Crippen molar-refractivity contribution >= 4 is 23.4 Å². The van der Waals surface area contributed by atoms with Gasteiger partial charge in [-0.1, -0.05) is 29.5 Å². The summed E-state index contributed by atoms with van der Waals surface area (Å²) in [4.78, 5) is 14.5. The molecule has 2 heterocycles. The SMILES string of the molecule is Cc1ccc(NCc2nnc(SCC(=O)N3CCCC[C@H]3C)n2C)cc1. The van der Waals surface area contributed by atoms with Crippen molar-refractivity contribution in [2.75, 3.05) is 17.6 Å². The van der Waals surface area contributed by atoms with E-state index in [2.05, 4.69) is 53.6 Å². The third-order valence-corrected chi connectivity index (χ3v) is 5.88. The Morgan fingerprint density at radius 3 is 2.77 bits per heavy atom. The van der Waals surface area contributed by atoms with Crippen molar-refractivity contribution in [1.82, 2.24) is 19.7 Å². The van der Waals surface area contributed by atoms with Gasteiger partial charge in [-0.05, 0) is 45.2 Å². The van der Waals surface area contributed by atoms with Gasteiger partial charge in [0.1, 0.15) is 0 Å². The lowest BCUT2D eigenvalue weighted by molar-refractivity contribution is -0.131. The number of amides is 1. The number of anilines is 1. The average molecular weight is 374 g/mol. The van der Waals surface area contributed by atoms with Crippen LogP contribution in [0.5, 0.6) is 0 Å². The molecule has 7 heteroatoms. The van der Waals surface area contributed by atoms with Crippen molar-refractivity contribution in [2.45, 2.75) is 50.9 Å². The summed E-state index contributed by atoms with van der Waals surface area (Å²) < 4.78 is 1.96. The fourth-order valence-corrected chi connectivity index (χ4v) is 3.97. The first kappa shape index (κ1) is 18.8. The van der Waals surface area contributed by atoms with E-state index in [1.165, 1.54) is 23.7 Å². The first-order valence-electron chi connectivity index (χ1n) is 9.15. The summed E-state index contributed by atoms with van der Waals surface area (Å²) >= 11 is 1.47. The molecule has 1 N–H and O–H groups in total. The zero-order valence-electron chi connectivity index (χ0n) is 15.7. The van der Waals surface area contributed by atoms with Gasteiger partial charge in [-0.15, -0.1) is 10.2 Å². The van der Waals surface area contributed by atoms with Crippen molar-refractivity contribution in [1.29, 1.82) is 0 Å². The molecular weight excluding hydrogens is 346 g/mol. The quantitative estimate of drug-likeness (QED) is 0.788. The van der Waals surface area contributed by atoms with E-state index in [1.54, 1.807) is 0 Å². The molecule has 26 heavy (non-hydrogen) atoms. The van der Waals surface area contributed by atoms with Crippen molar-refractivity contribution in [2.24, 2.45) is 7.05 Å². The van der Waals surface area contributed by atoms with Gasteiger partial charge in [0.25, 0.3) is 0 Å². The van der Waals surface area contributed by atoms with Crippen LogP contribution in [0.3, 0.4) is 0 Å². The van der Waals surface area contributed by atoms with Crippen molar-refractivity contribution < 1.29 is 4.79 Å². The molecule has 0 saturated carbocycles. The molecule has 1 aliphatic rings. The largest absolute Gasteiger partial charge is 0.378 e. The molecule has 140 valence electrons. The van der Waals surface area contributed by atoms with Gasteiger partial charge in [-0.25, -0.2) is 0 Å². The smallest absolute Gasteiger partial charge is 0.233 e. The second kappa shape index (κ2) is 8.58. The van der Waals surface area contributed by atoms with E-state index in [1.807, 2.05) is 16.5 Å². The number of hydrogen-bond donors (Lipinski definition) is 1. The molecule has 1 atom stereocenters. The van der Waals surface area contributed by atoms with Gasteiger partial charge >= 0.3 is 0 Å². The molecule has 1 saturated heterocycles. The summed E-state index contributed by atoms with van der Waals surface area (Å²) in [7, 11) is 1.95. The Kier molecular flexibility index (Phi) is 6.19. The van der Waals surface area contributed by atoms with Gasteiger partial charge < -0.3 is 14.8 Å². The van der Waals surface area contributed by atoms with Crippen LogP contribution in [0.1, 0.15) is 37.6 Å². The lowest BCUT2D eigenvalue weighted by Crippen LogP contribution is -2.42. The predicted molar refractivity (Wildman–Crippen MR) is 105 cm³/mol. The van der Waals surface area contributed by atoms with Crippen LogP contribution in [-0.2, 0) is 18.4 Å². The second-order valence-electron chi connectivity index (χ2n) is 6.90. The number of aromatic nitrogens is 3. The van der Waals surface area contributed by atoms with E-state index in [9.17, 15) is 4.79 Å². The third kappa shape index (κ3) is 4.58. The zero-order valence-corrected chi connectivity index (χ0v) is 16.6. The highest BCUT2D eigenvalue weighted by molar-refractivity contribution is 7.99. The predicted octanol–water partition coefficient (Wildman–Crippen LogP) is 3.23. The Morgan fingerprint density at radius 1 is 1.27 bits per heavy atom. The lowest BCUT2D eigenvalue weighted by Gasteiger charge is -2.33. The highest BCUT2D eigenvalue weighted by Gasteiger charge is 2.23. The first-order valence-corrected chi connectivity index (χ1v) is 10.1. The number of benzene rings is 1. The van der Waals surface area contributed by atoms with E-state index in [0.717, 1.165) is 36.1 Å².